The quantitative estimate of drug-likeness (QED) is 0.831. The Hall–Kier alpha value is -1.24. The smallest absolute Gasteiger partial charge is 0.259 e. The van der Waals surface area contributed by atoms with Crippen molar-refractivity contribution in [3.63, 3.8) is 0 Å². The largest absolute Gasteiger partial charge is 0.379 e. The first-order valence-corrected chi connectivity index (χ1v) is 7.31. The molecule has 1 aliphatic rings. The number of hydrogen-bond acceptors (Lipinski definition) is 5. The van der Waals surface area contributed by atoms with Gasteiger partial charge in [0.15, 0.2) is 4.96 Å². The van der Waals surface area contributed by atoms with Crippen LogP contribution in [0.5, 0.6) is 0 Å². The van der Waals surface area contributed by atoms with Crippen LogP contribution in [0.2, 0.25) is 0 Å². The van der Waals surface area contributed by atoms with Gasteiger partial charge in [-0.25, -0.2) is 4.98 Å². The Labute approximate surface area is 115 Å². The van der Waals surface area contributed by atoms with Gasteiger partial charge in [-0.2, -0.15) is 0 Å². The number of hydrogen-bond donors (Lipinski definition) is 0. The van der Waals surface area contributed by atoms with Crippen LogP contribution in [0.3, 0.4) is 0 Å². The van der Waals surface area contributed by atoms with Gasteiger partial charge in [-0.3, -0.25) is 14.1 Å². The van der Waals surface area contributed by atoms with E-state index in [0.29, 0.717) is 12.6 Å². The minimum Gasteiger partial charge on any atom is -0.379 e. The van der Waals surface area contributed by atoms with Gasteiger partial charge < -0.3 is 4.74 Å². The van der Waals surface area contributed by atoms with Crippen LogP contribution in [0, 0.1) is 6.92 Å². The second-order valence-electron chi connectivity index (χ2n) is 4.98. The molecule has 102 valence electrons. The summed E-state index contributed by atoms with van der Waals surface area (Å²) < 4.78 is 7.08. The average Bonchev–Trinajstić information content (AvgIpc) is 2.74. The molecule has 3 heterocycles. The first-order chi connectivity index (χ1) is 9.15. The van der Waals surface area contributed by atoms with Gasteiger partial charge in [-0.1, -0.05) is 0 Å². The van der Waals surface area contributed by atoms with Gasteiger partial charge in [-0.15, -0.1) is 11.3 Å². The van der Waals surface area contributed by atoms with Gasteiger partial charge in [0.1, 0.15) is 0 Å². The van der Waals surface area contributed by atoms with Crippen molar-refractivity contribution in [1.82, 2.24) is 14.3 Å². The van der Waals surface area contributed by atoms with Gasteiger partial charge in [0.2, 0.25) is 0 Å². The van der Waals surface area contributed by atoms with Crippen LogP contribution in [-0.2, 0) is 11.3 Å². The zero-order chi connectivity index (χ0) is 13.4. The van der Waals surface area contributed by atoms with Crippen molar-refractivity contribution in [3.05, 3.63) is 33.2 Å². The maximum atomic E-state index is 12.1. The van der Waals surface area contributed by atoms with Crippen molar-refractivity contribution in [1.29, 1.82) is 0 Å². The number of aryl methyl sites for hydroxylation is 1. The Morgan fingerprint density at radius 2 is 2.42 bits per heavy atom. The van der Waals surface area contributed by atoms with Crippen LogP contribution in [0.25, 0.3) is 4.96 Å². The molecule has 3 rings (SSSR count). The lowest BCUT2D eigenvalue weighted by atomic mass is 10.2. The molecule has 0 bridgehead atoms. The van der Waals surface area contributed by atoms with Crippen molar-refractivity contribution in [2.75, 3.05) is 19.8 Å². The summed E-state index contributed by atoms with van der Waals surface area (Å²) in [7, 11) is 0. The highest BCUT2D eigenvalue weighted by atomic mass is 32.1. The molecule has 1 aliphatic heterocycles. The molecule has 0 N–H and O–H groups in total. The van der Waals surface area contributed by atoms with E-state index in [9.17, 15) is 4.79 Å². The third-order valence-corrected chi connectivity index (χ3v) is 4.44. The van der Waals surface area contributed by atoms with E-state index in [1.54, 1.807) is 10.5 Å². The molecule has 0 spiro atoms. The van der Waals surface area contributed by atoms with Crippen LogP contribution < -0.4 is 5.56 Å². The molecule has 2 aromatic heterocycles. The lowest BCUT2D eigenvalue weighted by molar-refractivity contribution is -0.00489. The molecular weight excluding hydrogens is 262 g/mol. The van der Waals surface area contributed by atoms with Gasteiger partial charge in [0.05, 0.1) is 18.9 Å². The third kappa shape index (κ3) is 2.43. The first-order valence-electron chi connectivity index (χ1n) is 6.44. The number of rotatable bonds is 2. The van der Waals surface area contributed by atoms with E-state index in [-0.39, 0.29) is 5.56 Å². The Morgan fingerprint density at radius 3 is 3.21 bits per heavy atom. The van der Waals surface area contributed by atoms with Crippen LogP contribution in [0.4, 0.5) is 0 Å². The predicted molar refractivity (Wildman–Crippen MR) is 74.8 cm³/mol. The molecule has 6 heteroatoms. The summed E-state index contributed by atoms with van der Waals surface area (Å²) in [6.07, 6.45) is 0. The molecule has 0 amide bonds. The molecule has 1 saturated heterocycles. The van der Waals surface area contributed by atoms with Gasteiger partial charge >= 0.3 is 0 Å². The molecule has 0 aliphatic carbocycles. The average molecular weight is 279 g/mol. The second kappa shape index (κ2) is 5.03. The molecule has 19 heavy (non-hydrogen) atoms. The Kier molecular flexibility index (Phi) is 3.38. The maximum absolute atomic E-state index is 12.1. The molecular formula is C13H17N3O2S. The predicted octanol–water partition coefficient (Wildman–Crippen LogP) is 1.29. The van der Waals surface area contributed by atoms with Gasteiger partial charge in [0, 0.05) is 36.3 Å². The molecule has 5 nitrogen and oxygen atoms in total. The van der Waals surface area contributed by atoms with Crippen LogP contribution in [0.15, 0.2) is 16.2 Å². The van der Waals surface area contributed by atoms with E-state index in [2.05, 4.69) is 16.8 Å². The Bertz CT molecular complexity index is 649. The van der Waals surface area contributed by atoms with Gasteiger partial charge in [0.25, 0.3) is 5.56 Å². The van der Waals surface area contributed by atoms with Gasteiger partial charge in [-0.05, 0) is 13.8 Å². The van der Waals surface area contributed by atoms with E-state index in [1.807, 2.05) is 12.3 Å². The van der Waals surface area contributed by atoms with E-state index in [4.69, 9.17) is 4.74 Å². The highest BCUT2D eigenvalue weighted by molar-refractivity contribution is 7.15. The SMILES string of the molecule is Cc1csc2nc(CN3CCOCC3C)cc(=O)n12. The summed E-state index contributed by atoms with van der Waals surface area (Å²) >= 11 is 1.51. The molecule has 1 atom stereocenters. The topological polar surface area (TPSA) is 46.8 Å². The summed E-state index contributed by atoms with van der Waals surface area (Å²) in [6, 6.07) is 2.02. The molecule has 0 radical (unpaired) electrons. The highest BCUT2D eigenvalue weighted by Crippen LogP contribution is 2.14. The second-order valence-corrected chi connectivity index (χ2v) is 5.81. The highest BCUT2D eigenvalue weighted by Gasteiger charge is 2.19. The van der Waals surface area contributed by atoms with E-state index in [0.717, 1.165) is 36.1 Å². The molecule has 0 saturated carbocycles. The zero-order valence-corrected chi connectivity index (χ0v) is 11.9. The number of nitrogens with zero attached hydrogens (tertiary/aromatic N) is 3. The number of morpholine rings is 1. The summed E-state index contributed by atoms with van der Waals surface area (Å²) in [5.41, 5.74) is 1.81. The van der Waals surface area contributed by atoms with Crippen molar-refractivity contribution >= 4 is 16.3 Å². The van der Waals surface area contributed by atoms with E-state index >= 15 is 0 Å². The fourth-order valence-electron chi connectivity index (χ4n) is 2.39. The number of aromatic nitrogens is 2. The van der Waals surface area contributed by atoms with Crippen molar-refractivity contribution in [2.45, 2.75) is 26.4 Å². The van der Waals surface area contributed by atoms with E-state index < -0.39 is 0 Å². The minimum atomic E-state index is 0.0136. The van der Waals surface area contributed by atoms with E-state index in [1.165, 1.54) is 11.3 Å². The Balaban J connectivity index is 1.91. The normalized spacial score (nSPS) is 21.1. The van der Waals surface area contributed by atoms with Crippen molar-refractivity contribution in [3.8, 4) is 0 Å². The fraction of sp³-hybridized carbons (Fsp3) is 0.538. The minimum absolute atomic E-state index is 0.0136. The summed E-state index contributed by atoms with van der Waals surface area (Å²) in [5.74, 6) is 0. The van der Waals surface area contributed by atoms with Crippen molar-refractivity contribution < 1.29 is 4.74 Å². The molecule has 0 aromatic carbocycles. The van der Waals surface area contributed by atoms with Crippen molar-refractivity contribution in [2.24, 2.45) is 0 Å². The number of fused-ring (bicyclic) bond motifs is 1. The Morgan fingerprint density at radius 1 is 1.58 bits per heavy atom. The lowest BCUT2D eigenvalue weighted by Gasteiger charge is -2.32. The molecule has 2 aromatic rings. The fourth-order valence-corrected chi connectivity index (χ4v) is 3.28. The zero-order valence-electron chi connectivity index (χ0n) is 11.1. The number of thiazole rings is 1. The van der Waals surface area contributed by atoms with Crippen LogP contribution >= 0.6 is 11.3 Å². The monoisotopic (exact) mass is 279 g/mol. The van der Waals surface area contributed by atoms with Crippen LogP contribution in [0.1, 0.15) is 18.3 Å². The molecule has 1 unspecified atom stereocenters. The van der Waals surface area contributed by atoms with Crippen LogP contribution in [-0.4, -0.2) is 40.1 Å². The summed E-state index contributed by atoms with van der Waals surface area (Å²) in [5, 5.41) is 1.96. The third-order valence-electron chi connectivity index (χ3n) is 3.50. The standard InChI is InChI=1S/C13H17N3O2S/c1-9-7-18-4-3-15(9)6-11-5-12(17)16-10(2)8-19-13(16)14-11/h5,8-9H,3-4,6-7H2,1-2H3. The molecule has 1 fully saturated rings. The number of ether oxygens (including phenoxy) is 1. The summed E-state index contributed by atoms with van der Waals surface area (Å²) in [6.45, 7) is 7.18. The summed E-state index contributed by atoms with van der Waals surface area (Å²) in [4.78, 5) is 19.8. The first kappa shape index (κ1) is 12.8. The maximum Gasteiger partial charge on any atom is 0.259 e. The lowest BCUT2D eigenvalue weighted by Crippen LogP contribution is -2.43.